The van der Waals surface area contributed by atoms with Crippen LogP contribution >= 0.6 is 0 Å². The molecule has 0 spiro atoms. The van der Waals surface area contributed by atoms with Gasteiger partial charge in [-0.1, -0.05) is 6.07 Å². The van der Waals surface area contributed by atoms with Crippen LogP contribution in [0.3, 0.4) is 0 Å². The Morgan fingerprint density at radius 2 is 2.45 bits per heavy atom. The molecular formula is C15H23N3O2. The van der Waals surface area contributed by atoms with Gasteiger partial charge in [-0.15, -0.1) is 0 Å². The van der Waals surface area contributed by atoms with E-state index in [0.29, 0.717) is 12.4 Å². The van der Waals surface area contributed by atoms with Gasteiger partial charge < -0.3 is 15.4 Å². The third-order valence-electron chi connectivity index (χ3n) is 3.32. The number of amides is 1. The van der Waals surface area contributed by atoms with E-state index in [0.717, 1.165) is 31.5 Å². The second-order valence-corrected chi connectivity index (χ2v) is 5.40. The summed E-state index contributed by atoms with van der Waals surface area (Å²) in [6, 6.07) is 3.79. The summed E-state index contributed by atoms with van der Waals surface area (Å²) in [5.41, 5.74) is 0.915. The van der Waals surface area contributed by atoms with Crippen LogP contribution in [0, 0.1) is 5.92 Å². The number of nitrogens with one attached hydrogen (secondary N) is 2. The van der Waals surface area contributed by atoms with Gasteiger partial charge in [0.1, 0.15) is 0 Å². The van der Waals surface area contributed by atoms with Gasteiger partial charge in [0, 0.05) is 24.8 Å². The third kappa shape index (κ3) is 4.20. The highest BCUT2D eigenvalue weighted by Crippen LogP contribution is 2.16. The van der Waals surface area contributed by atoms with E-state index in [1.54, 1.807) is 6.20 Å². The predicted molar refractivity (Wildman–Crippen MR) is 77.4 cm³/mol. The van der Waals surface area contributed by atoms with Crippen LogP contribution in [0.2, 0.25) is 0 Å². The molecule has 5 heteroatoms. The molecule has 110 valence electrons. The molecule has 0 saturated carbocycles. The number of hydrogen-bond acceptors (Lipinski definition) is 4. The van der Waals surface area contributed by atoms with Gasteiger partial charge in [-0.3, -0.25) is 4.79 Å². The molecule has 0 aromatic carbocycles. The topological polar surface area (TPSA) is 63.2 Å². The Kier molecular flexibility index (Phi) is 5.35. The van der Waals surface area contributed by atoms with Crippen LogP contribution in [0.1, 0.15) is 32.3 Å². The summed E-state index contributed by atoms with van der Waals surface area (Å²) in [5, 5.41) is 6.24. The van der Waals surface area contributed by atoms with Crippen LogP contribution in [0.15, 0.2) is 18.3 Å². The average Bonchev–Trinajstić information content (AvgIpc) is 2.46. The Hall–Kier alpha value is -1.62. The first-order valence-corrected chi connectivity index (χ1v) is 7.26. The van der Waals surface area contributed by atoms with E-state index >= 15 is 0 Å². The number of rotatable bonds is 5. The summed E-state index contributed by atoms with van der Waals surface area (Å²) in [6.45, 7) is 6.17. The van der Waals surface area contributed by atoms with Gasteiger partial charge in [-0.25, -0.2) is 4.98 Å². The van der Waals surface area contributed by atoms with Gasteiger partial charge in [0.2, 0.25) is 11.8 Å². The molecule has 1 saturated heterocycles. The van der Waals surface area contributed by atoms with Crippen molar-refractivity contribution in [2.24, 2.45) is 5.92 Å². The molecule has 1 atom stereocenters. The minimum Gasteiger partial charge on any atom is -0.475 e. The SMILES string of the molecule is CC(C)Oc1ncccc1CNC(=O)[C@@H]1CCCNC1. The van der Waals surface area contributed by atoms with E-state index < -0.39 is 0 Å². The molecule has 2 N–H and O–H groups in total. The van der Waals surface area contributed by atoms with Gasteiger partial charge in [-0.2, -0.15) is 0 Å². The lowest BCUT2D eigenvalue weighted by molar-refractivity contribution is -0.125. The van der Waals surface area contributed by atoms with Crippen LogP contribution in [-0.4, -0.2) is 30.1 Å². The number of ether oxygens (including phenoxy) is 1. The molecule has 20 heavy (non-hydrogen) atoms. The summed E-state index contributed by atoms with van der Waals surface area (Å²) < 4.78 is 5.65. The van der Waals surface area contributed by atoms with Crippen LogP contribution in [-0.2, 0) is 11.3 Å². The summed E-state index contributed by atoms with van der Waals surface area (Å²) in [6.07, 6.45) is 3.80. The number of carbonyl (C=O) groups excluding carboxylic acids is 1. The lowest BCUT2D eigenvalue weighted by Crippen LogP contribution is -2.40. The first-order chi connectivity index (χ1) is 9.66. The van der Waals surface area contributed by atoms with Gasteiger partial charge in [0.15, 0.2) is 0 Å². The second kappa shape index (κ2) is 7.24. The maximum atomic E-state index is 12.1. The summed E-state index contributed by atoms with van der Waals surface area (Å²) in [5.74, 6) is 0.788. The zero-order valence-corrected chi connectivity index (χ0v) is 12.2. The minimum absolute atomic E-state index is 0.0712. The molecule has 1 fully saturated rings. The summed E-state index contributed by atoms with van der Waals surface area (Å²) in [7, 11) is 0. The predicted octanol–water partition coefficient (Wildman–Crippen LogP) is 1.48. The standard InChI is InChI=1S/C15H23N3O2/c1-11(2)20-15-13(6-4-8-17-15)10-18-14(19)12-5-3-7-16-9-12/h4,6,8,11-12,16H,3,5,7,9-10H2,1-2H3,(H,18,19)/t12-/m1/s1. The second-order valence-electron chi connectivity index (χ2n) is 5.40. The van der Waals surface area contributed by atoms with E-state index in [2.05, 4.69) is 15.6 Å². The molecule has 5 nitrogen and oxygen atoms in total. The highest BCUT2D eigenvalue weighted by molar-refractivity contribution is 5.79. The lowest BCUT2D eigenvalue weighted by Gasteiger charge is -2.22. The molecule has 2 heterocycles. The third-order valence-corrected chi connectivity index (χ3v) is 3.32. The van der Waals surface area contributed by atoms with Crippen molar-refractivity contribution in [1.82, 2.24) is 15.6 Å². The van der Waals surface area contributed by atoms with E-state index in [-0.39, 0.29) is 17.9 Å². The molecular weight excluding hydrogens is 254 g/mol. The van der Waals surface area contributed by atoms with Crippen LogP contribution in [0.4, 0.5) is 0 Å². The monoisotopic (exact) mass is 277 g/mol. The molecule has 1 aliphatic rings. The Balaban J connectivity index is 1.91. The molecule has 2 rings (SSSR count). The minimum atomic E-state index is 0.0712. The number of carbonyl (C=O) groups is 1. The van der Waals surface area contributed by atoms with Crippen LogP contribution < -0.4 is 15.4 Å². The highest BCUT2D eigenvalue weighted by Gasteiger charge is 2.20. The van der Waals surface area contributed by atoms with E-state index in [4.69, 9.17) is 4.74 Å². The van der Waals surface area contributed by atoms with E-state index in [1.807, 2.05) is 26.0 Å². The van der Waals surface area contributed by atoms with Crippen molar-refractivity contribution in [1.29, 1.82) is 0 Å². The zero-order chi connectivity index (χ0) is 14.4. The molecule has 1 aromatic heterocycles. The average molecular weight is 277 g/mol. The maximum absolute atomic E-state index is 12.1. The maximum Gasteiger partial charge on any atom is 0.224 e. The first-order valence-electron chi connectivity index (χ1n) is 7.26. The van der Waals surface area contributed by atoms with Gasteiger partial charge in [-0.05, 0) is 39.3 Å². The summed E-state index contributed by atoms with van der Waals surface area (Å²) >= 11 is 0. The Morgan fingerprint density at radius 1 is 1.60 bits per heavy atom. The molecule has 1 aromatic rings. The summed E-state index contributed by atoms with van der Waals surface area (Å²) in [4.78, 5) is 16.3. The Labute approximate surface area is 120 Å². The van der Waals surface area contributed by atoms with Crippen LogP contribution in [0.25, 0.3) is 0 Å². The quantitative estimate of drug-likeness (QED) is 0.856. The first kappa shape index (κ1) is 14.8. The fourth-order valence-corrected chi connectivity index (χ4v) is 2.29. The largest absolute Gasteiger partial charge is 0.475 e. The van der Waals surface area contributed by atoms with Crippen molar-refractivity contribution in [2.75, 3.05) is 13.1 Å². The van der Waals surface area contributed by atoms with Gasteiger partial charge >= 0.3 is 0 Å². The Bertz CT molecular complexity index is 442. The van der Waals surface area contributed by atoms with E-state index in [9.17, 15) is 4.79 Å². The molecule has 0 unspecified atom stereocenters. The van der Waals surface area contributed by atoms with Crippen molar-refractivity contribution in [3.05, 3.63) is 23.9 Å². The van der Waals surface area contributed by atoms with Crippen molar-refractivity contribution < 1.29 is 9.53 Å². The number of aromatic nitrogens is 1. The van der Waals surface area contributed by atoms with Crippen LogP contribution in [0.5, 0.6) is 5.88 Å². The molecule has 0 radical (unpaired) electrons. The van der Waals surface area contributed by atoms with Crippen molar-refractivity contribution >= 4 is 5.91 Å². The van der Waals surface area contributed by atoms with Crippen molar-refractivity contribution in [3.63, 3.8) is 0 Å². The Morgan fingerprint density at radius 3 is 3.15 bits per heavy atom. The molecule has 0 bridgehead atoms. The molecule has 1 aliphatic heterocycles. The molecule has 1 amide bonds. The number of nitrogens with zero attached hydrogens (tertiary/aromatic N) is 1. The van der Waals surface area contributed by atoms with Gasteiger partial charge in [0.05, 0.1) is 12.0 Å². The number of piperidine rings is 1. The fraction of sp³-hybridized carbons (Fsp3) is 0.600. The zero-order valence-electron chi connectivity index (χ0n) is 12.2. The smallest absolute Gasteiger partial charge is 0.224 e. The lowest BCUT2D eigenvalue weighted by atomic mass is 9.99. The fourth-order valence-electron chi connectivity index (χ4n) is 2.29. The highest BCUT2D eigenvalue weighted by atomic mass is 16.5. The molecule has 0 aliphatic carbocycles. The van der Waals surface area contributed by atoms with Crippen molar-refractivity contribution in [3.8, 4) is 5.88 Å². The van der Waals surface area contributed by atoms with Gasteiger partial charge in [0.25, 0.3) is 0 Å². The van der Waals surface area contributed by atoms with E-state index in [1.165, 1.54) is 0 Å². The van der Waals surface area contributed by atoms with Crippen molar-refractivity contribution in [2.45, 2.75) is 39.3 Å². The number of pyridine rings is 1. The normalized spacial score (nSPS) is 18.9. The number of hydrogen-bond donors (Lipinski definition) is 2.